The van der Waals surface area contributed by atoms with Crippen LogP contribution in [0.15, 0.2) is 12.2 Å². The maximum absolute atomic E-state index is 12.2. The molecule has 16 heavy (non-hydrogen) atoms. The molecule has 2 rings (SSSR count). The van der Waals surface area contributed by atoms with Crippen molar-refractivity contribution in [1.82, 2.24) is 10.2 Å². The summed E-state index contributed by atoms with van der Waals surface area (Å²) in [4.78, 5) is 14.1. The lowest BCUT2D eigenvalue weighted by Gasteiger charge is -2.24. The number of amides is 1. The lowest BCUT2D eigenvalue weighted by atomic mass is 9.92. The lowest BCUT2D eigenvalue weighted by Crippen LogP contribution is -2.36. The van der Waals surface area contributed by atoms with Gasteiger partial charge in [-0.1, -0.05) is 12.2 Å². The van der Waals surface area contributed by atoms with E-state index in [1.807, 2.05) is 19.0 Å². The molecule has 2 aliphatic rings. The molecule has 0 saturated heterocycles. The van der Waals surface area contributed by atoms with Gasteiger partial charge in [-0.3, -0.25) is 4.79 Å². The van der Waals surface area contributed by atoms with E-state index in [2.05, 4.69) is 17.5 Å². The van der Waals surface area contributed by atoms with Gasteiger partial charge in [0.05, 0.1) is 0 Å². The van der Waals surface area contributed by atoms with E-state index >= 15 is 0 Å². The van der Waals surface area contributed by atoms with Crippen molar-refractivity contribution in [3.05, 3.63) is 12.2 Å². The molecule has 0 aromatic heterocycles. The Bertz CT molecular complexity index is 288. The molecular formula is C13H22N2O. The number of allylic oxidation sites excluding steroid dienone is 2. The van der Waals surface area contributed by atoms with Crippen LogP contribution in [0.25, 0.3) is 0 Å². The Hall–Kier alpha value is -0.830. The van der Waals surface area contributed by atoms with Crippen molar-refractivity contribution in [2.45, 2.75) is 19.3 Å². The van der Waals surface area contributed by atoms with Crippen LogP contribution in [0.3, 0.4) is 0 Å². The molecule has 3 nitrogen and oxygen atoms in total. The highest BCUT2D eigenvalue weighted by Crippen LogP contribution is 2.43. The minimum Gasteiger partial charge on any atom is -0.345 e. The highest BCUT2D eigenvalue weighted by atomic mass is 16.2. The van der Waals surface area contributed by atoms with Crippen molar-refractivity contribution in [2.24, 2.45) is 17.8 Å². The summed E-state index contributed by atoms with van der Waals surface area (Å²) >= 11 is 0. The number of hydrogen-bond acceptors (Lipinski definition) is 2. The Morgan fingerprint density at radius 2 is 2.25 bits per heavy atom. The summed E-state index contributed by atoms with van der Waals surface area (Å²) in [6.07, 6.45) is 7.86. The normalized spacial score (nSPS) is 31.0. The maximum Gasteiger partial charge on any atom is 0.226 e. The standard InChI is InChI=1S/C13H22N2O/c1-14-6-3-7-15(2)13(16)12-9-10-4-5-11(12)8-10/h4-5,10-12,14H,3,6-9H2,1-2H3. The lowest BCUT2D eigenvalue weighted by molar-refractivity contribution is -0.135. The van der Waals surface area contributed by atoms with E-state index in [4.69, 9.17) is 0 Å². The van der Waals surface area contributed by atoms with E-state index in [1.165, 1.54) is 6.42 Å². The molecule has 0 radical (unpaired) electrons. The molecule has 2 bridgehead atoms. The second kappa shape index (κ2) is 5.00. The van der Waals surface area contributed by atoms with E-state index in [0.717, 1.165) is 25.9 Å². The summed E-state index contributed by atoms with van der Waals surface area (Å²) in [5, 5.41) is 3.11. The Kier molecular flexibility index (Phi) is 3.64. The molecule has 1 saturated carbocycles. The van der Waals surface area contributed by atoms with Gasteiger partial charge in [0.25, 0.3) is 0 Å². The first-order valence-electron chi connectivity index (χ1n) is 6.30. The first kappa shape index (κ1) is 11.6. The van der Waals surface area contributed by atoms with Crippen molar-refractivity contribution in [3.63, 3.8) is 0 Å². The molecule has 1 fully saturated rings. The highest BCUT2D eigenvalue weighted by Gasteiger charge is 2.40. The smallest absolute Gasteiger partial charge is 0.226 e. The number of nitrogens with one attached hydrogen (secondary N) is 1. The largest absolute Gasteiger partial charge is 0.345 e. The Labute approximate surface area is 97.9 Å². The predicted octanol–water partition coefficient (Wildman–Crippen LogP) is 1.27. The van der Waals surface area contributed by atoms with Crippen LogP contribution in [-0.4, -0.2) is 38.0 Å². The molecule has 0 aromatic carbocycles. The van der Waals surface area contributed by atoms with Crippen LogP contribution in [0, 0.1) is 17.8 Å². The van der Waals surface area contributed by atoms with Gasteiger partial charge in [-0.25, -0.2) is 0 Å². The summed E-state index contributed by atoms with van der Waals surface area (Å²) in [7, 11) is 3.89. The van der Waals surface area contributed by atoms with Crippen molar-refractivity contribution in [1.29, 1.82) is 0 Å². The molecule has 3 heteroatoms. The zero-order valence-electron chi connectivity index (χ0n) is 10.3. The first-order valence-corrected chi connectivity index (χ1v) is 6.30. The van der Waals surface area contributed by atoms with Gasteiger partial charge < -0.3 is 10.2 Å². The molecule has 0 spiro atoms. The van der Waals surface area contributed by atoms with Crippen molar-refractivity contribution < 1.29 is 4.79 Å². The van der Waals surface area contributed by atoms with Crippen molar-refractivity contribution >= 4 is 5.91 Å². The topological polar surface area (TPSA) is 32.3 Å². The van der Waals surface area contributed by atoms with E-state index < -0.39 is 0 Å². The number of hydrogen-bond donors (Lipinski definition) is 1. The van der Waals surface area contributed by atoms with E-state index in [9.17, 15) is 4.79 Å². The average molecular weight is 222 g/mol. The average Bonchev–Trinajstić information content (AvgIpc) is 2.90. The quantitative estimate of drug-likeness (QED) is 0.561. The van der Waals surface area contributed by atoms with Crippen LogP contribution < -0.4 is 5.32 Å². The van der Waals surface area contributed by atoms with Gasteiger partial charge >= 0.3 is 0 Å². The molecule has 0 aliphatic heterocycles. The van der Waals surface area contributed by atoms with Gasteiger partial charge in [0, 0.05) is 19.5 Å². The predicted molar refractivity (Wildman–Crippen MR) is 65.0 cm³/mol. The maximum atomic E-state index is 12.2. The molecule has 1 N–H and O–H groups in total. The Morgan fingerprint density at radius 1 is 1.44 bits per heavy atom. The molecule has 90 valence electrons. The number of nitrogens with zero attached hydrogens (tertiary/aromatic N) is 1. The summed E-state index contributed by atoms with van der Waals surface area (Å²) in [5.74, 6) is 1.84. The van der Waals surface area contributed by atoms with Gasteiger partial charge in [0.15, 0.2) is 0 Å². The number of carbonyl (C=O) groups is 1. The Morgan fingerprint density at radius 3 is 2.81 bits per heavy atom. The molecular weight excluding hydrogens is 200 g/mol. The third-order valence-electron chi connectivity index (χ3n) is 3.89. The monoisotopic (exact) mass is 222 g/mol. The molecule has 0 aromatic rings. The van der Waals surface area contributed by atoms with Crippen LogP contribution in [0.5, 0.6) is 0 Å². The van der Waals surface area contributed by atoms with E-state index in [-0.39, 0.29) is 5.92 Å². The Balaban J connectivity index is 1.81. The second-order valence-electron chi connectivity index (χ2n) is 5.10. The van der Waals surface area contributed by atoms with Gasteiger partial charge in [-0.15, -0.1) is 0 Å². The fourth-order valence-electron chi connectivity index (χ4n) is 2.95. The van der Waals surface area contributed by atoms with Crippen molar-refractivity contribution in [2.75, 3.05) is 27.2 Å². The van der Waals surface area contributed by atoms with Crippen molar-refractivity contribution in [3.8, 4) is 0 Å². The van der Waals surface area contributed by atoms with Crippen LogP contribution >= 0.6 is 0 Å². The van der Waals surface area contributed by atoms with Crippen LogP contribution in [0.4, 0.5) is 0 Å². The first-order chi connectivity index (χ1) is 7.72. The number of fused-ring (bicyclic) bond motifs is 2. The summed E-state index contributed by atoms with van der Waals surface area (Å²) in [6.45, 7) is 1.85. The molecule has 1 amide bonds. The van der Waals surface area contributed by atoms with Crippen LogP contribution in [0.1, 0.15) is 19.3 Å². The minimum absolute atomic E-state index is 0.273. The van der Waals surface area contributed by atoms with Gasteiger partial charge in [-0.2, -0.15) is 0 Å². The zero-order chi connectivity index (χ0) is 11.5. The second-order valence-corrected chi connectivity index (χ2v) is 5.10. The zero-order valence-corrected chi connectivity index (χ0v) is 10.3. The third-order valence-corrected chi connectivity index (χ3v) is 3.89. The fraction of sp³-hybridized carbons (Fsp3) is 0.769. The van der Waals surface area contributed by atoms with Gasteiger partial charge in [-0.05, 0) is 44.7 Å². The summed E-state index contributed by atoms with van der Waals surface area (Å²) < 4.78 is 0. The number of carbonyl (C=O) groups excluding carboxylic acids is 1. The van der Waals surface area contributed by atoms with Crippen LogP contribution in [-0.2, 0) is 4.79 Å². The molecule has 3 atom stereocenters. The minimum atomic E-state index is 0.273. The fourth-order valence-corrected chi connectivity index (χ4v) is 2.95. The third kappa shape index (κ3) is 2.29. The van der Waals surface area contributed by atoms with Gasteiger partial charge in [0.1, 0.15) is 0 Å². The number of rotatable bonds is 5. The van der Waals surface area contributed by atoms with Gasteiger partial charge in [0.2, 0.25) is 5.91 Å². The summed E-state index contributed by atoms with van der Waals surface area (Å²) in [6, 6.07) is 0. The summed E-state index contributed by atoms with van der Waals surface area (Å²) in [5.41, 5.74) is 0. The van der Waals surface area contributed by atoms with Crippen LogP contribution in [0.2, 0.25) is 0 Å². The molecule has 2 aliphatic carbocycles. The SMILES string of the molecule is CNCCCN(C)C(=O)C1CC2C=CC1C2. The molecule has 0 heterocycles. The van der Waals surface area contributed by atoms with E-state index in [0.29, 0.717) is 17.7 Å². The van der Waals surface area contributed by atoms with E-state index in [1.54, 1.807) is 0 Å². The molecule has 3 unspecified atom stereocenters. The highest BCUT2D eigenvalue weighted by molar-refractivity contribution is 5.79.